The highest BCUT2D eigenvalue weighted by Gasteiger charge is 2.63. The summed E-state index contributed by atoms with van der Waals surface area (Å²) in [5.41, 5.74) is -2.82. The lowest BCUT2D eigenvalue weighted by atomic mass is 10.1. The zero-order chi connectivity index (χ0) is 96.0. The quantitative estimate of drug-likeness (QED) is 0.0690. The Morgan fingerprint density at radius 3 is 1.10 bits per heavy atom. The number of halogens is 12. The monoisotopic (exact) mass is 2010 g/mol. The maximum atomic E-state index is 13.5. The number of benzene rings is 8. The van der Waals surface area contributed by atoms with Gasteiger partial charge in [0.25, 0.3) is 9.84 Å². The van der Waals surface area contributed by atoms with Crippen molar-refractivity contribution in [3.63, 3.8) is 0 Å². The van der Waals surface area contributed by atoms with E-state index in [-0.39, 0.29) is 71.0 Å². The number of methoxy groups -OCH3 is 9. The molecule has 0 aromatic heterocycles. The number of aliphatic hydroxyl groups excluding tert-OH is 1. The largest absolute Gasteiger partial charge is 0.478 e. The minimum Gasteiger partial charge on any atom is -0.478 e. The number of sulfone groups is 5. The Labute approximate surface area is 722 Å². The van der Waals surface area contributed by atoms with Crippen LogP contribution in [0.1, 0.15) is 148 Å². The lowest BCUT2D eigenvalue weighted by molar-refractivity contribution is -0.0375. The fourth-order valence-corrected chi connectivity index (χ4v) is 17.6. The van der Waals surface area contributed by atoms with Crippen LogP contribution in [0.4, 0.5) is 43.9 Å². The number of aromatic carboxylic acids is 1. The number of Topliss-reactive ketones (excluding diaryl/α,β-unsaturated/α-hetero) is 2. The molecule has 2 unspecified atom stereocenters. The molecule has 4 heterocycles. The summed E-state index contributed by atoms with van der Waals surface area (Å²) in [6, 6.07) is 26.6. The molecular weight excluding hydrogens is 1950 g/mol. The molecule has 0 spiro atoms. The third-order valence-electron chi connectivity index (χ3n) is 16.7. The van der Waals surface area contributed by atoms with Crippen molar-refractivity contribution in [1.82, 2.24) is 0 Å². The second-order valence-electron chi connectivity index (χ2n) is 24.5. The average molecular weight is 2010 g/mol. The molecule has 126 heavy (non-hydrogen) atoms. The maximum absolute atomic E-state index is 13.5. The summed E-state index contributed by atoms with van der Waals surface area (Å²) >= 11 is 6.15. The molecule has 676 valence electrons. The number of esters is 9. The molecule has 0 aliphatic carbocycles. The minimum absolute atomic E-state index is 0.00912. The van der Waals surface area contributed by atoms with Crippen LogP contribution in [-0.2, 0) is 91.8 Å². The van der Waals surface area contributed by atoms with E-state index in [1.165, 1.54) is 95.2 Å². The first-order valence-electron chi connectivity index (χ1n) is 33.4. The number of carbonyl (C=O) groups is 12. The van der Waals surface area contributed by atoms with Crippen LogP contribution >= 0.6 is 31.9 Å². The normalized spacial score (nSPS) is 16.1. The molecule has 8 aromatic carbocycles. The Morgan fingerprint density at radius 2 is 0.698 bits per heavy atom. The maximum Gasteiger partial charge on any atom is 0.411 e. The van der Waals surface area contributed by atoms with Crippen LogP contribution in [0.3, 0.4) is 0 Å². The lowest BCUT2D eigenvalue weighted by Crippen LogP contribution is -2.30. The zero-order valence-electron chi connectivity index (χ0n) is 65.3. The molecule has 0 amide bonds. The first kappa shape index (κ1) is 104. The molecule has 2 N–H and O–H groups in total. The van der Waals surface area contributed by atoms with Gasteiger partial charge in [-0.3, -0.25) is 9.59 Å². The van der Waals surface area contributed by atoms with Crippen LogP contribution in [0, 0.1) is 17.5 Å². The molecule has 2 atom stereocenters. The van der Waals surface area contributed by atoms with Crippen LogP contribution in [-0.4, -0.2) is 215 Å². The Morgan fingerprint density at radius 1 is 0.389 bits per heavy atom. The van der Waals surface area contributed by atoms with Gasteiger partial charge in [-0.05, 0) is 146 Å². The van der Waals surface area contributed by atoms with Crippen molar-refractivity contribution in [2.75, 3.05) is 76.0 Å². The van der Waals surface area contributed by atoms with Gasteiger partial charge < -0.3 is 52.8 Å². The number of carboxylic acid groups (broad SMARTS) is 1. The van der Waals surface area contributed by atoms with Crippen molar-refractivity contribution in [2.45, 2.75) is 52.5 Å². The van der Waals surface area contributed by atoms with Crippen molar-refractivity contribution < 1.29 is 196 Å². The number of carbonyl (C=O) groups excluding carboxylic acids is 11. The van der Waals surface area contributed by atoms with Gasteiger partial charge in [-0.25, -0.2) is 108 Å². The summed E-state index contributed by atoms with van der Waals surface area (Å²) in [5.74, 6) is -12.9. The van der Waals surface area contributed by atoms with Crippen LogP contribution in [0.15, 0.2) is 179 Å². The van der Waals surface area contributed by atoms with Crippen molar-refractivity contribution in [1.29, 1.82) is 0 Å². The third kappa shape index (κ3) is 22.7. The fraction of sp³-hybridized carbons (Fsp3) is 0.211. The topological polar surface area (TPSA) is 499 Å². The first-order chi connectivity index (χ1) is 58.3. The van der Waals surface area contributed by atoms with Gasteiger partial charge in [-0.2, -0.15) is 26.3 Å². The number of ether oxygens (including phenoxy) is 9. The molecular formula is C76H60Br2F10O33S5. The molecule has 0 radical (unpaired) electrons. The molecule has 4 aliphatic rings. The highest BCUT2D eigenvalue weighted by molar-refractivity contribution is 9.10. The number of ketones is 2. The second kappa shape index (κ2) is 41.7. The molecule has 0 saturated heterocycles. The number of rotatable bonds is 11. The van der Waals surface area contributed by atoms with Gasteiger partial charge in [-0.1, -0.05) is 31.9 Å². The van der Waals surface area contributed by atoms with E-state index in [0.717, 1.165) is 121 Å². The minimum atomic E-state index is -5.04. The van der Waals surface area contributed by atoms with Gasteiger partial charge >= 0.3 is 75.5 Å². The van der Waals surface area contributed by atoms with E-state index in [1.54, 1.807) is 0 Å². The number of hydrogen-bond donors (Lipinski definition) is 2. The summed E-state index contributed by atoms with van der Waals surface area (Å²) in [4.78, 5) is 131. The highest BCUT2D eigenvalue weighted by atomic mass is 79.9. The number of fused-ring (bicyclic) bond motifs is 4. The van der Waals surface area contributed by atoms with E-state index < -0.39 is 203 Å². The second-order valence-corrected chi connectivity index (χ2v) is 36.2. The van der Waals surface area contributed by atoms with E-state index in [4.69, 9.17) is 5.11 Å². The smallest absolute Gasteiger partial charge is 0.411 e. The van der Waals surface area contributed by atoms with Crippen molar-refractivity contribution >= 4 is 152 Å². The van der Waals surface area contributed by atoms with Crippen LogP contribution in [0.2, 0.25) is 0 Å². The standard InChI is InChI=1S/C11H12O6S.C10H7F3O4S.C10H8F2O5S.C10H6F2O5S.C10H9FO4.C10H8O5S.C8H6BrFO2.C7H4BrFO2/c1-16-10(12)7-4-5-9(18(3,14)15)8(6-7)11(13)17-2;1-17-9(14)5-2-3-7-6(4-5)8(11)10(12,13)18(7,15)16;2*1-17-9(14)5-2-3-7-6(4-5)8(13)10(11,12)18(7,15)16;1-14-9(12)6-3-4-8(11)7(5-6)10(13)15-2;1-15-10(12)6-2-3-9-7(4-6)8(11)5-16(9,13)14;1-12-8(11)6-4-5(9)2-3-7(6)10;8-4-1-2-6(9)5(3-4)7(10)11/h4-6H,1-3H3;2-4,8H,1H3;2-4,8,13H,1H3;2-4H,1H3;3-5H,1-2H3;2-4H,5H2,1H3;2-4H,1H3;1-3H,(H,10,11). The van der Waals surface area contributed by atoms with Gasteiger partial charge in [0.2, 0.25) is 31.6 Å². The molecule has 50 heteroatoms. The molecule has 0 fully saturated rings. The Kier molecular flexibility index (Phi) is 34.5. The summed E-state index contributed by atoms with van der Waals surface area (Å²) in [5, 5.41) is 4.49. The van der Waals surface area contributed by atoms with Gasteiger partial charge in [0.1, 0.15) is 23.2 Å². The van der Waals surface area contributed by atoms with E-state index in [9.17, 15) is 149 Å². The Bertz CT molecular complexity index is 6240. The van der Waals surface area contributed by atoms with E-state index in [0.29, 0.717) is 8.95 Å². The molecule has 0 saturated carbocycles. The highest BCUT2D eigenvalue weighted by Crippen LogP contribution is 2.52. The predicted molar refractivity (Wildman–Crippen MR) is 415 cm³/mol. The van der Waals surface area contributed by atoms with Crippen molar-refractivity contribution in [3.05, 3.63) is 250 Å². The van der Waals surface area contributed by atoms with Gasteiger partial charge in [-0.15, -0.1) is 0 Å². The number of hydrogen-bond acceptors (Lipinski definition) is 32. The lowest BCUT2D eigenvalue weighted by Gasteiger charge is -2.12. The van der Waals surface area contributed by atoms with Crippen LogP contribution in [0.5, 0.6) is 0 Å². The number of carboxylic acids is 1. The fourth-order valence-electron chi connectivity index (χ4n) is 10.5. The van der Waals surface area contributed by atoms with Gasteiger partial charge in [0, 0.05) is 37.5 Å². The third-order valence-corrected chi connectivity index (χ3v) is 26.1. The van der Waals surface area contributed by atoms with Crippen LogP contribution < -0.4 is 0 Å². The van der Waals surface area contributed by atoms with E-state index in [2.05, 4.69) is 74.5 Å². The summed E-state index contributed by atoms with van der Waals surface area (Å²) in [7, 11) is -11.8. The average Bonchev–Trinajstić information content (AvgIpc) is 1.58. The zero-order valence-corrected chi connectivity index (χ0v) is 72.6. The Balaban J connectivity index is 0.000000257. The van der Waals surface area contributed by atoms with Crippen molar-refractivity contribution in [3.8, 4) is 0 Å². The summed E-state index contributed by atoms with van der Waals surface area (Å²) < 4.78 is 287. The van der Waals surface area contributed by atoms with E-state index >= 15 is 0 Å². The molecule has 4 aliphatic heterocycles. The van der Waals surface area contributed by atoms with Crippen LogP contribution in [0.25, 0.3) is 0 Å². The molecule has 8 aromatic rings. The van der Waals surface area contributed by atoms with Gasteiger partial charge in [0.05, 0.1) is 144 Å². The molecule has 0 bridgehead atoms. The number of alkyl halides is 7. The summed E-state index contributed by atoms with van der Waals surface area (Å²) in [6.45, 7) is 0. The molecule has 33 nitrogen and oxygen atoms in total. The Hall–Kier alpha value is -12.2. The van der Waals surface area contributed by atoms with E-state index in [1.807, 2.05) is 0 Å². The summed E-state index contributed by atoms with van der Waals surface area (Å²) in [6.07, 6.45) is -4.50. The first-order valence-corrected chi connectivity index (χ1v) is 43.0. The predicted octanol–water partition coefficient (Wildman–Crippen LogP) is 11.0. The number of aliphatic hydroxyl groups is 1. The van der Waals surface area contributed by atoms with Crippen molar-refractivity contribution in [2.24, 2.45) is 0 Å². The SMILES string of the molecule is COC(=O)c1cc(Br)ccc1F.COC(=O)c1ccc(F)c(C(=O)OC)c1.COC(=O)c1ccc(S(C)(=O)=O)c(C(=O)OC)c1.COC(=O)c1ccc2c(c1)C(=O)C(F)(F)S2(=O)=O.COC(=O)c1ccc2c(c1)C(=O)CS2(=O)=O.COC(=O)c1ccc2c(c1)C(F)C(F)(F)S2(=O)=O.COC(=O)c1ccc2c(c1)C(O)C(F)(F)S2(=O)=O.O=C(O)c1cc(Br)ccc1F. The molecule has 12 rings (SSSR count). The van der Waals surface area contributed by atoms with Gasteiger partial charge in [0.15, 0.2) is 31.6 Å².